The van der Waals surface area contributed by atoms with E-state index in [0.29, 0.717) is 23.4 Å². The average Bonchev–Trinajstić information content (AvgIpc) is 2.70. The van der Waals surface area contributed by atoms with E-state index in [1.165, 1.54) is 0 Å². The molecule has 160 valence electrons. The van der Waals surface area contributed by atoms with Gasteiger partial charge in [-0.25, -0.2) is 0 Å². The van der Waals surface area contributed by atoms with Gasteiger partial charge < -0.3 is 21.3 Å². The van der Waals surface area contributed by atoms with E-state index in [4.69, 9.17) is 0 Å². The van der Waals surface area contributed by atoms with Crippen LogP contribution in [0.4, 0.5) is 11.4 Å². The number of carbonyl (C=O) groups excluding carboxylic acids is 3. The normalized spacial score (nSPS) is 10.8. The van der Waals surface area contributed by atoms with E-state index in [1.807, 2.05) is 27.7 Å². The van der Waals surface area contributed by atoms with E-state index in [-0.39, 0.29) is 29.8 Å². The highest BCUT2D eigenvalue weighted by molar-refractivity contribution is 5.98. The maximum absolute atomic E-state index is 12.3. The average molecular weight is 411 g/mol. The molecule has 0 saturated carbocycles. The third-order valence-electron chi connectivity index (χ3n) is 4.03. The van der Waals surface area contributed by atoms with E-state index in [0.717, 1.165) is 12.1 Å². The molecule has 0 aliphatic carbocycles. The summed E-state index contributed by atoms with van der Waals surface area (Å²) in [5.74, 6) is -0.551. The molecule has 4 N–H and O–H groups in total. The van der Waals surface area contributed by atoms with Gasteiger partial charge in [-0.2, -0.15) is 0 Å². The Morgan fingerprint density at radius 2 is 1.57 bits per heavy atom. The van der Waals surface area contributed by atoms with E-state index < -0.39 is 0 Å². The molecule has 2 aromatic carbocycles. The monoisotopic (exact) mass is 410 g/mol. The first-order valence-corrected chi connectivity index (χ1v) is 10.0. The van der Waals surface area contributed by atoms with Gasteiger partial charge in [-0.3, -0.25) is 14.4 Å². The first-order valence-electron chi connectivity index (χ1n) is 10.0. The Morgan fingerprint density at radius 1 is 0.867 bits per heavy atom. The summed E-state index contributed by atoms with van der Waals surface area (Å²) in [5.41, 5.74) is 1.99. The van der Waals surface area contributed by atoms with Crippen LogP contribution >= 0.6 is 0 Å². The molecular weight excluding hydrogens is 380 g/mol. The van der Waals surface area contributed by atoms with Gasteiger partial charge in [-0.05, 0) is 69.7 Å². The molecule has 0 spiro atoms. The van der Waals surface area contributed by atoms with Crippen LogP contribution in [0.1, 0.15) is 54.8 Å². The zero-order chi connectivity index (χ0) is 22.1. The van der Waals surface area contributed by atoms with Crippen molar-refractivity contribution in [2.75, 3.05) is 23.7 Å². The summed E-state index contributed by atoms with van der Waals surface area (Å²) in [5, 5.41) is 11.5. The first-order chi connectivity index (χ1) is 14.2. The molecule has 0 aliphatic heterocycles. The van der Waals surface area contributed by atoms with E-state index in [1.54, 1.807) is 48.5 Å². The van der Waals surface area contributed by atoms with Gasteiger partial charge in [0.1, 0.15) is 0 Å². The van der Waals surface area contributed by atoms with Crippen molar-refractivity contribution in [2.45, 2.75) is 39.7 Å². The Bertz CT molecular complexity index is 886. The zero-order valence-electron chi connectivity index (χ0n) is 18.0. The Morgan fingerprint density at radius 3 is 2.20 bits per heavy atom. The Hall–Kier alpha value is -3.35. The number of nitrogens with one attached hydrogen (secondary N) is 4. The van der Waals surface area contributed by atoms with Crippen molar-refractivity contribution in [3.63, 3.8) is 0 Å². The van der Waals surface area contributed by atoms with Gasteiger partial charge in [-0.1, -0.05) is 13.0 Å². The van der Waals surface area contributed by atoms with E-state index in [9.17, 15) is 14.4 Å². The molecule has 0 bridgehead atoms. The molecule has 30 heavy (non-hydrogen) atoms. The van der Waals surface area contributed by atoms with Crippen LogP contribution < -0.4 is 21.3 Å². The summed E-state index contributed by atoms with van der Waals surface area (Å²) < 4.78 is 0. The molecule has 0 heterocycles. The van der Waals surface area contributed by atoms with E-state index >= 15 is 0 Å². The molecule has 0 aromatic heterocycles. The third kappa shape index (κ3) is 7.58. The topological polar surface area (TPSA) is 99.3 Å². The minimum absolute atomic E-state index is 0.0554. The summed E-state index contributed by atoms with van der Waals surface area (Å²) in [6.07, 6.45) is 0.880. The second kappa shape index (κ2) is 10.4. The van der Waals surface area contributed by atoms with Crippen LogP contribution in [0.5, 0.6) is 0 Å². The van der Waals surface area contributed by atoms with Gasteiger partial charge >= 0.3 is 0 Å². The van der Waals surface area contributed by atoms with Gasteiger partial charge in [0, 0.05) is 34.6 Å². The lowest BCUT2D eigenvalue weighted by Crippen LogP contribution is -2.40. The molecule has 0 unspecified atom stereocenters. The van der Waals surface area contributed by atoms with Crippen LogP contribution in [0.3, 0.4) is 0 Å². The second-order valence-corrected chi connectivity index (χ2v) is 8.02. The lowest BCUT2D eigenvalue weighted by Gasteiger charge is -2.20. The van der Waals surface area contributed by atoms with Crippen molar-refractivity contribution < 1.29 is 14.4 Å². The molecule has 3 amide bonds. The molecular formula is C23H30N4O3. The molecule has 0 aliphatic rings. The van der Waals surface area contributed by atoms with Gasteiger partial charge in [0.05, 0.1) is 6.54 Å². The molecule has 7 nitrogen and oxygen atoms in total. The highest BCUT2D eigenvalue weighted by Crippen LogP contribution is 2.13. The fraction of sp³-hybridized carbons (Fsp3) is 0.348. The highest BCUT2D eigenvalue weighted by atomic mass is 16.2. The quantitative estimate of drug-likeness (QED) is 0.536. The first kappa shape index (κ1) is 22.9. The van der Waals surface area contributed by atoms with Gasteiger partial charge in [0.25, 0.3) is 11.8 Å². The Labute approximate surface area is 177 Å². The number of amides is 3. The maximum atomic E-state index is 12.3. The van der Waals surface area contributed by atoms with Crippen LogP contribution in [0.15, 0.2) is 48.5 Å². The molecule has 7 heteroatoms. The molecule has 2 rings (SSSR count). The van der Waals surface area contributed by atoms with Gasteiger partial charge in [0.2, 0.25) is 5.91 Å². The van der Waals surface area contributed by atoms with Crippen molar-refractivity contribution in [2.24, 2.45) is 0 Å². The van der Waals surface area contributed by atoms with Crippen molar-refractivity contribution >= 4 is 29.1 Å². The van der Waals surface area contributed by atoms with Crippen LogP contribution in [0, 0.1) is 0 Å². The molecule has 0 atom stereocenters. The summed E-state index contributed by atoms with van der Waals surface area (Å²) in [4.78, 5) is 36.4. The smallest absolute Gasteiger partial charge is 0.251 e. The summed E-state index contributed by atoms with van der Waals surface area (Å²) in [6, 6.07) is 13.7. The Kier molecular flexibility index (Phi) is 7.98. The number of anilines is 2. The number of carbonyl (C=O) groups is 3. The van der Waals surface area contributed by atoms with Gasteiger partial charge in [0.15, 0.2) is 0 Å². The zero-order valence-corrected chi connectivity index (χ0v) is 18.0. The molecule has 0 fully saturated rings. The van der Waals surface area contributed by atoms with Crippen molar-refractivity contribution in [1.29, 1.82) is 0 Å². The minimum Gasteiger partial charge on any atom is -0.376 e. The number of rotatable bonds is 8. The fourth-order valence-electron chi connectivity index (χ4n) is 2.62. The predicted molar refractivity (Wildman–Crippen MR) is 120 cm³/mol. The number of benzene rings is 2. The predicted octanol–water partition coefficient (Wildman–Crippen LogP) is 3.41. The standard InChI is InChI=1S/C23H30N4O3/c1-5-13-24-21(29)16-9-11-18(12-10-16)25-15-20(28)26-19-8-6-7-17(14-19)22(30)27-23(2,3)4/h6-12,14,25H,5,13,15H2,1-4H3,(H,24,29)(H,26,28)(H,27,30). The molecule has 0 radical (unpaired) electrons. The largest absolute Gasteiger partial charge is 0.376 e. The van der Waals surface area contributed by atoms with Crippen molar-refractivity contribution in [1.82, 2.24) is 10.6 Å². The summed E-state index contributed by atoms with van der Waals surface area (Å²) >= 11 is 0. The summed E-state index contributed by atoms with van der Waals surface area (Å²) in [7, 11) is 0. The second-order valence-electron chi connectivity index (χ2n) is 8.02. The highest BCUT2D eigenvalue weighted by Gasteiger charge is 2.15. The fourth-order valence-corrected chi connectivity index (χ4v) is 2.62. The Balaban J connectivity index is 1.88. The number of hydrogen-bond acceptors (Lipinski definition) is 4. The summed E-state index contributed by atoms with van der Waals surface area (Å²) in [6.45, 7) is 8.41. The minimum atomic E-state index is -0.341. The van der Waals surface area contributed by atoms with Crippen LogP contribution in [0.25, 0.3) is 0 Å². The molecule has 0 saturated heterocycles. The van der Waals surface area contributed by atoms with E-state index in [2.05, 4.69) is 21.3 Å². The SMILES string of the molecule is CCCNC(=O)c1ccc(NCC(=O)Nc2cccc(C(=O)NC(C)(C)C)c2)cc1. The van der Waals surface area contributed by atoms with Crippen molar-refractivity contribution in [3.8, 4) is 0 Å². The van der Waals surface area contributed by atoms with Crippen LogP contribution in [0.2, 0.25) is 0 Å². The third-order valence-corrected chi connectivity index (χ3v) is 4.03. The lowest BCUT2D eigenvalue weighted by molar-refractivity contribution is -0.114. The maximum Gasteiger partial charge on any atom is 0.251 e. The van der Waals surface area contributed by atoms with Gasteiger partial charge in [-0.15, -0.1) is 0 Å². The lowest BCUT2D eigenvalue weighted by atomic mass is 10.1. The van der Waals surface area contributed by atoms with Crippen LogP contribution in [-0.4, -0.2) is 36.3 Å². The number of hydrogen-bond donors (Lipinski definition) is 4. The van der Waals surface area contributed by atoms with Crippen molar-refractivity contribution in [3.05, 3.63) is 59.7 Å². The van der Waals surface area contributed by atoms with Crippen LogP contribution in [-0.2, 0) is 4.79 Å². The molecule has 2 aromatic rings.